The van der Waals surface area contributed by atoms with Crippen LogP contribution in [0.15, 0.2) is 58.1 Å². The van der Waals surface area contributed by atoms with E-state index in [4.69, 9.17) is 24.4 Å². The number of aliphatic imine (C=N–C) groups is 1. The zero-order valence-electron chi connectivity index (χ0n) is 21.2. The van der Waals surface area contributed by atoms with Crippen LogP contribution in [0.5, 0.6) is 17.2 Å². The molecule has 2 aliphatic rings. The van der Waals surface area contributed by atoms with E-state index in [9.17, 15) is 4.79 Å². The molecule has 0 aliphatic carbocycles. The lowest BCUT2D eigenvalue weighted by atomic mass is 10.1. The fraction of sp³-hybridized carbons (Fsp3) is 0.333. The number of amidine groups is 2. The van der Waals surface area contributed by atoms with Gasteiger partial charge in [-0.2, -0.15) is 15.1 Å². The van der Waals surface area contributed by atoms with Gasteiger partial charge in [0.05, 0.1) is 25.9 Å². The number of carbonyl (C=O) groups is 1. The average Bonchev–Trinajstić information content (AvgIpc) is 3.30. The fourth-order valence-corrected chi connectivity index (χ4v) is 4.56. The van der Waals surface area contributed by atoms with E-state index in [0.717, 1.165) is 23.6 Å². The van der Waals surface area contributed by atoms with Gasteiger partial charge >= 0.3 is 0 Å². The highest BCUT2D eigenvalue weighted by Crippen LogP contribution is 2.32. The smallest absolute Gasteiger partial charge is 0.283 e. The van der Waals surface area contributed by atoms with E-state index < -0.39 is 5.91 Å². The van der Waals surface area contributed by atoms with Crippen LogP contribution in [0.2, 0.25) is 0 Å². The van der Waals surface area contributed by atoms with Gasteiger partial charge in [-0.15, -0.1) is 0 Å². The van der Waals surface area contributed by atoms with Crippen molar-refractivity contribution < 1.29 is 23.7 Å². The van der Waals surface area contributed by atoms with Crippen LogP contribution in [0.4, 0.5) is 0 Å². The predicted molar refractivity (Wildman–Crippen MR) is 146 cm³/mol. The van der Waals surface area contributed by atoms with Gasteiger partial charge in [0.2, 0.25) is 5.17 Å². The van der Waals surface area contributed by atoms with Crippen LogP contribution in [0, 0.1) is 12.3 Å². The van der Waals surface area contributed by atoms with Gasteiger partial charge in [0.25, 0.3) is 5.91 Å². The first-order valence-electron chi connectivity index (χ1n) is 12.1. The summed E-state index contributed by atoms with van der Waals surface area (Å²) in [6, 6.07) is 13.2. The molecule has 0 atom stereocenters. The molecule has 2 heterocycles. The first kappa shape index (κ1) is 26.4. The molecule has 10 heteroatoms. The van der Waals surface area contributed by atoms with Crippen LogP contribution in [0.3, 0.4) is 0 Å². The quantitative estimate of drug-likeness (QED) is 0.312. The standard InChI is InChI=1S/C27H30N4O5S/c1-4-5-24-30-31-25(28)21(26(32)29-27(31)37-24)16-19-8-11-22(23(17-19)33-3)36-15-13-34-12-14-35-20-9-6-18(2)7-10-20/h6-11,16-17,28H,4-5,12-15H2,1-3H3/b21-16-,28-25?. The van der Waals surface area contributed by atoms with Crippen LogP contribution in [-0.2, 0) is 9.53 Å². The number of methoxy groups -OCH3 is 1. The third kappa shape index (κ3) is 6.78. The summed E-state index contributed by atoms with van der Waals surface area (Å²) in [4.78, 5) is 16.7. The molecule has 2 aliphatic heterocycles. The Kier molecular flexibility index (Phi) is 8.97. The Bertz CT molecular complexity index is 1240. The van der Waals surface area contributed by atoms with Gasteiger partial charge < -0.3 is 18.9 Å². The van der Waals surface area contributed by atoms with Gasteiger partial charge in [0, 0.05) is 0 Å². The number of nitrogens with one attached hydrogen (secondary N) is 1. The number of fused-ring (bicyclic) bond motifs is 1. The number of thioether (sulfide) groups is 1. The minimum Gasteiger partial charge on any atom is -0.493 e. The molecule has 4 rings (SSSR count). The summed E-state index contributed by atoms with van der Waals surface area (Å²) in [5, 5.41) is 15.6. The molecule has 2 aromatic carbocycles. The van der Waals surface area contributed by atoms with Crippen molar-refractivity contribution in [3.63, 3.8) is 0 Å². The van der Waals surface area contributed by atoms with Crippen molar-refractivity contribution in [3.8, 4) is 17.2 Å². The lowest BCUT2D eigenvalue weighted by Crippen LogP contribution is -2.35. The molecule has 37 heavy (non-hydrogen) atoms. The minimum atomic E-state index is -0.459. The van der Waals surface area contributed by atoms with Crippen molar-refractivity contribution in [2.45, 2.75) is 26.7 Å². The fourth-order valence-electron chi connectivity index (χ4n) is 3.57. The van der Waals surface area contributed by atoms with Crippen molar-refractivity contribution in [1.82, 2.24) is 5.01 Å². The van der Waals surface area contributed by atoms with E-state index in [1.165, 1.54) is 22.3 Å². The molecule has 1 N–H and O–H groups in total. The van der Waals surface area contributed by atoms with Crippen molar-refractivity contribution in [2.75, 3.05) is 33.5 Å². The van der Waals surface area contributed by atoms with Crippen LogP contribution in [0.1, 0.15) is 30.9 Å². The number of rotatable bonds is 12. The Morgan fingerprint density at radius 1 is 1.03 bits per heavy atom. The summed E-state index contributed by atoms with van der Waals surface area (Å²) in [6.45, 7) is 5.73. The summed E-state index contributed by atoms with van der Waals surface area (Å²) in [5.41, 5.74) is 2.04. The number of benzene rings is 2. The second kappa shape index (κ2) is 12.6. The van der Waals surface area contributed by atoms with Crippen LogP contribution >= 0.6 is 11.8 Å². The molecule has 0 saturated heterocycles. The summed E-state index contributed by atoms with van der Waals surface area (Å²) in [7, 11) is 1.55. The summed E-state index contributed by atoms with van der Waals surface area (Å²) in [5.74, 6) is 1.43. The van der Waals surface area contributed by atoms with Crippen LogP contribution in [0.25, 0.3) is 6.08 Å². The highest BCUT2D eigenvalue weighted by molar-refractivity contribution is 8.26. The summed E-state index contributed by atoms with van der Waals surface area (Å²) >= 11 is 1.34. The van der Waals surface area contributed by atoms with Gasteiger partial charge in [-0.3, -0.25) is 10.2 Å². The van der Waals surface area contributed by atoms with Crippen molar-refractivity contribution in [1.29, 1.82) is 5.41 Å². The number of hydrogen-bond acceptors (Lipinski definition) is 8. The molecule has 0 bridgehead atoms. The first-order valence-corrected chi connectivity index (χ1v) is 12.9. The van der Waals surface area contributed by atoms with E-state index in [2.05, 4.69) is 17.0 Å². The number of nitrogens with zero attached hydrogens (tertiary/aromatic N) is 3. The second-order valence-electron chi connectivity index (χ2n) is 8.30. The second-order valence-corrected chi connectivity index (χ2v) is 9.34. The average molecular weight is 523 g/mol. The van der Waals surface area contributed by atoms with Gasteiger partial charge in [-0.05, 0) is 67.4 Å². The zero-order valence-corrected chi connectivity index (χ0v) is 22.0. The van der Waals surface area contributed by atoms with Gasteiger partial charge in [-0.1, -0.05) is 30.7 Å². The molecule has 194 valence electrons. The van der Waals surface area contributed by atoms with E-state index in [1.54, 1.807) is 31.4 Å². The van der Waals surface area contributed by atoms with Crippen LogP contribution in [-0.4, -0.2) is 60.5 Å². The molecular weight excluding hydrogens is 492 g/mol. The van der Waals surface area contributed by atoms with Gasteiger partial charge in [-0.25, -0.2) is 0 Å². The summed E-state index contributed by atoms with van der Waals surface area (Å²) < 4.78 is 22.5. The molecule has 0 spiro atoms. The number of hydrazone groups is 1. The molecule has 0 unspecified atom stereocenters. The molecular formula is C27H30N4O5S. The van der Waals surface area contributed by atoms with Crippen molar-refractivity contribution >= 4 is 39.8 Å². The number of aryl methyl sites for hydroxylation is 1. The largest absolute Gasteiger partial charge is 0.493 e. The lowest BCUT2D eigenvalue weighted by Gasteiger charge is -2.20. The highest BCUT2D eigenvalue weighted by atomic mass is 32.2. The molecule has 0 aromatic heterocycles. The third-order valence-electron chi connectivity index (χ3n) is 5.46. The Hall–Kier alpha value is -3.63. The van der Waals surface area contributed by atoms with Gasteiger partial charge in [0.1, 0.15) is 24.0 Å². The number of hydrogen-bond donors (Lipinski definition) is 1. The SMILES string of the molecule is CCCC1=NN2C(=N)/C(=C/c3ccc(OCCOCCOc4ccc(C)cc4)c(OC)c3)C(=O)N=C2S1. The molecule has 2 aromatic rings. The topological polar surface area (TPSA) is 106 Å². The molecule has 0 fully saturated rings. The van der Waals surface area contributed by atoms with E-state index in [1.807, 2.05) is 31.2 Å². The predicted octanol–water partition coefficient (Wildman–Crippen LogP) is 4.90. The van der Waals surface area contributed by atoms with Crippen molar-refractivity contribution in [2.24, 2.45) is 10.1 Å². The normalized spacial score (nSPS) is 16.0. The highest BCUT2D eigenvalue weighted by Gasteiger charge is 2.35. The summed E-state index contributed by atoms with van der Waals surface area (Å²) in [6.07, 6.45) is 3.33. The number of amides is 1. The van der Waals surface area contributed by atoms with Crippen molar-refractivity contribution in [3.05, 3.63) is 59.2 Å². The van der Waals surface area contributed by atoms with E-state index >= 15 is 0 Å². The minimum absolute atomic E-state index is 0.0106. The van der Waals surface area contributed by atoms with E-state index in [-0.39, 0.29) is 11.4 Å². The Balaban J connectivity index is 1.30. The maximum absolute atomic E-state index is 12.6. The van der Waals surface area contributed by atoms with E-state index in [0.29, 0.717) is 48.7 Å². The third-order valence-corrected chi connectivity index (χ3v) is 6.43. The zero-order chi connectivity index (χ0) is 26.2. The Morgan fingerprint density at radius 3 is 2.51 bits per heavy atom. The van der Waals surface area contributed by atoms with Crippen LogP contribution < -0.4 is 14.2 Å². The number of ether oxygens (including phenoxy) is 4. The Labute approximate surface area is 220 Å². The monoisotopic (exact) mass is 522 g/mol. The first-order chi connectivity index (χ1) is 18.0. The molecule has 0 saturated carbocycles. The maximum Gasteiger partial charge on any atom is 0.283 e. The maximum atomic E-state index is 12.6. The molecule has 0 radical (unpaired) electrons. The molecule has 9 nitrogen and oxygen atoms in total. The Morgan fingerprint density at radius 2 is 1.78 bits per heavy atom. The molecule has 1 amide bonds. The van der Waals surface area contributed by atoms with Gasteiger partial charge in [0.15, 0.2) is 17.3 Å². The number of carbonyl (C=O) groups excluding carboxylic acids is 1. The lowest BCUT2D eigenvalue weighted by molar-refractivity contribution is -0.114.